The minimum Gasteiger partial charge on any atom is -0.370 e. The number of aliphatic imine (C=N–C) groups is 1. The Morgan fingerprint density at radius 3 is 2.73 bits per heavy atom. The molecule has 0 radical (unpaired) electrons. The van der Waals surface area contributed by atoms with Crippen molar-refractivity contribution in [1.29, 1.82) is 0 Å². The number of benzene rings is 1. The number of piperidine rings is 1. The van der Waals surface area contributed by atoms with Crippen molar-refractivity contribution in [1.82, 2.24) is 15.5 Å². The first-order valence-corrected chi connectivity index (χ1v) is 9.13. The lowest BCUT2D eigenvalue weighted by atomic mass is 9.95. The van der Waals surface area contributed by atoms with Crippen LogP contribution in [0.2, 0.25) is 0 Å². The van der Waals surface area contributed by atoms with Crippen LogP contribution < -0.4 is 16.4 Å². The van der Waals surface area contributed by atoms with E-state index in [-0.39, 0.29) is 17.7 Å². The lowest BCUT2D eigenvalue weighted by Crippen LogP contribution is -2.47. The number of carbonyl (C=O) groups excluding carboxylic acids is 2. The van der Waals surface area contributed by atoms with Gasteiger partial charge in [-0.05, 0) is 24.3 Å². The number of hydrogen-bond acceptors (Lipinski definition) is 3. The standard InChI is InChI=1S/C19H29N5O2/c1-21-19(24-11-5-8-16(14-24)12-17(20)25)22-10-9-18(26)23-13-15-6-3-2-4-7-15/h2-4,6-7,16H,5,8-14H2,1H3,(H2,20,25)(H,21,22)(H,23,26). The quantitative estimate of drug-likeness (QED) is 0.496. The van der Waals surface area contributed by atoms with Gasteiger partial charge in [0.25, 0.3) is 0 Å². The second kappa shape index (κ2) is 10.4. The van der Waals surface area contributed by atoms with Crippen LogP contribution >= 0.6 is 0 Å². The number of primary amides is 1. The summed E-state index contributed by atoms with van der Waals surface area (Å²) in [6.07, 6.45) is 2.81. The van der Waals surface area contributed by atoms with Crippen LogP contribution in [0.5, 0.6) is 0 Å². The third kappa shape index (κ3) is 6.74. The molecule has 1 heterocycles. The molecule has 1 saturated heterocycles. The zero-order chi connectivity index (χ0) is 18.8. The molecule has 142 valence electrons. The predicted octanol–water partition coefficient (Wildman–Crippen LogP) is 0.856. The second-order valence-corrected chi connectivity index (χ2v) is 6.61. The third-order valence-electron chi connectivity index (χ3n) is 4.49. The Kier molecular flexibility index (Phi) is 7.92. The highest BCUT2D eigenvalue weighted by atomic mass is 16.1. The number of amides is 2. The van der Waals surface area contributed by atoms with Crippen molar-refractivity contribution in [2.24, 2.45) is 16.6 Å². The van der Waals surface area contributed by atoms with Crippen LogP contribution in [0.4, 0.5) is 0 Å². The number of guanidine groups is 1. The van der Waals surface area contributed by atoms with Gasteiger partial charge in [-0.15, -0.1) is 0 Å². The number of rotatable bonds is 7. The first-order valence-electron chi connectivity index (χ1n) is 9.13. The summed E-state index contributed by atoms with van der Waals surface area (Å²) in [6, 6.07) is 9.84. The fraction of sp³-hybridized carbons (Fsp3) is 0.526. The number of nitrogens with one attached hydrogen (secondary N) is 2. The molecule has 1 aromatic carbocycles. The minimum atomic E-state index is -0.255. The summed E-state index contributed by atoms with van der Waals surface area (Å²) in [6.45, 7) is 2.72. The molecule has 0 saturated carbocycles. The largest absolute Gasteiger partial charge is 0.370 e. The van der Waals surface area contributed by atoms with Gasteiger partial charge in [0.1, 0.15) is 0 Å². The lowest BCUT2D eigenvalue weighted by molar-refractivity contribution is -0.121. The second-order valence-electron chi connectivity index (χ2n) is 6.61. The van der Waals surface area contributed by atoms with Crippen molar-refractivity contribution in [3.63, 3.8) is 0 Å². The minimum absolute atomic E-state index is 0.00190. The summed E-state index contributed by atoms with van der Waals surface area (Å²) in [5.41, 5.74) is 6.40. The zero-order valence-electron chi connectivity index (χ0n) is 15.4. The van der Waals surface area contributed by atoms with E-state index in [0.717, 1.165) is 37.5 Å². The van der Waals surface area contributed by atoms with Crippen LogP contribution in [0.15, 0.2) is 35.3 Å². The molecule has 1 aromatic rings. The molecule has 4 N–H and O–H groups in total. The van der Waals surface area contributed by atoms with Gasteiger partial charge in [-0.2, -0.15) is 0 Å². The molecule has 1 unspecified atom stereocenters. The normalized spacial score (nSPS) is 17.7. The first-order chi connectivity index (χ1) is 12.6. The number of hydrogen-bond donors (Lipinski definition) is 3. The number of carbonyl (C=O) groups is 2. The smallest absolute Gasteiger partial charge is 0.222 e. The molecule has 1 fully saturated rings. The topological polar surface area (TPSA) is 99.8 Å². The van der Waals surface area contributed by atoms with Crippen LogP contribution in [0.3, 0.4) is 0 Å². The summed E-state index contributed by atoms with van der Waals surface area (Å²) in [7, 11) is 1.73. The maximum Gasteiger partial charge on any atom is 0.222 e. The Morgan fingerprint density at radius 1 is 1.27 bits per heavy atom. The van der Waals surface area contributed by atoms with E-state index in [1.54, 1.807) is 7.05 Å². The van der Waals surface area contributed by atoms with E-state index in [1.807, 2.05) is 30.3 Å². The maximum atomic E-state index is 12.0. The van der Waals surface area contributed by atoms with Crippen molar-refractivity contribution < 1.29 is 9.59 Å². The maximum absolute atomic E-state index is 12.0. The van der Waals surface area contributed by atoms with E-state index in [2.05, 4.69) is 20.5 Å². The number of likely N-dealkylation sites (tertiary alicyclic amines) is 1. The van der Waals surface area contributed by atoms with Crippen molar-refractivity contribution >= 4 is 17.8 Å². The molecule has 2 amide bonds. The highest BCUT2D eigenvalue weighted by Crippen LogP contribution is 2.19. The van der Waals surface area contributed by atoms with E-state index in [9.17, 15) is 9.59 Å². The summed E-state index contributed by atoms with van der Waals surface area (Å²) in [5.74, 6) is 0.793. The SMILES string of the molecule is CN=C(NCCC(=O)NCc1ccccc1)N1CCCC(CC(N)=O)C1. The van der Waals surface area contributed by atoms with Crippen molar-refractivity contribution in [2.45, 2.75) is 32.2 Å². The van der Waals surface area contributed by atoms with Crippen molar-refractivity contribution in [3.05, 3.63) is 35.9 Å². The molecule has 1 aliphatic rings. The van der Waals surface area contributed by atoms with Gasteiger partial charge < -0.3 is 21.3 Å². The van der Waals surface area contributed by atoms with E-state index in [0.29, 0.717) is 25.9 Å². The third-order valence-corrected chi connectivity index (χ3v) is 4.49. The average Bonchev–Trinajstić information content (AvgIpc) is 2.64. The molecule has 0 aromatic heterocycles. The Morgan fingerprint density at radius 2 is 2.04 bits per heavy atom. The van der Waals surface area contributed by atoms with Gasteiger partial charge in [0.15, 0.2) is 5.96 Å². The molecule has 1 aliphatic heterocycles. The highest BCUT2D eigenvalue weighted by molar-refractivity contribution is 5.81. The monoisotopic (exact) mass is 359 g/mol. The van der Waals surface area contributed by atoms with E-state index in [4.69, 9.17) is 5.73 Å². The van der Waals surface area contributed by atoms with E-state index < -0.39 is 0 Å². The van der Waals surface area contributed by atoms with E-state index >= 15 is 0 Å². The van der Waals surface area contributed by atoms with E-state index in [1.165, 1.54) is 0 Å². The highest BCUT2D eigenvalue weighted by Gasteiger charge is 2.23. The average molecular weight is 359 g/mol. The molecule has 1 atom stereocenters. The van der Waals surface area contributed by atoms with Crippen molar-refractivity contribution in [2.75, 3.05) is 26.7 Å². The summed E-state index contributed by atoms with van der Waals surface area (Å²) in [4.78, 5) is 29.6. The number of nitrogens with two attached hydrogens (primary N) is 1. The fourth-order valence-electron chi connectivity index (χ4n) is 3.21. The molecule has 7 heteroatoms. The summed E-state index contributed by atoms with van der Waals surface area (Å²) < 4.78 is 0. The molecule has 2 rings (SSSR count). The molecule has 0 bridgehead atoms. The molecule has 26 heavy (non-hydrogen) atoms. The van der Waals surface area contributed by atoms with Gasteiger partial charge in [-0.25, -0.2) is 0 Å². The summed E-state index contributed by atoms with van der Waals surface area (Å²) >= 11 is 0. The van der Waals surface area contributed by atoms with Gasteiger partial charge in [0, 0.05) is 46.1 Å². The van der Waals surface area contributed by atoms with Gasteiger partial charge >= 0.3 is 0 Å². The van der Waals surface area contributed by atoms with Crippen LogP contribution in [0, 0.1) is 5.92 Å². The molecular weight excluding hydrogens is 330 g/mol. The van der Waals surface area contributed by atoms with Crippen LogP contribution in [0.25, 0.3) is 0 Å². The molecular formula is C19H29N5O2. The Balaban J connectivity index is 1.71. The van der Waals surface area contributed by atoms with Crippen molar-refractivity contribution in [3.8, 4) is 0 Å². The number of nitrogens with zero attached hydrogens (tertiary/aromatic N) is 2. The van der Waals surface area contributed by atoms with Gasteiger partial charge in [-0.3, -0.25) is 14.6 Å². The predicted molar refractivity (Wildman–Crippen MR) is 102 cm³/mol. The first kappa shape index (κ1) is 19.8. The van der Waals surface area contributed by atoms with Gasteiger partial charge in [0.2, 0.25) is 11.8 Å². The lowest BCUT2D eigenvalue weighted by Gasteiger charge is -2.34. The Bertz CT molecular complexity index is 618. The van der Waals surface area contributed by atoms with Gasteiger partial charge in [0.05, 0.1) is 0 Å². The van der Waals surface area contributed by atoms with Gasteiger partial charge in [-0.1, -0.05) is 30.3 Å². The van der Waals surface area contributed by atoms with Crippen LogP contribution in [-0.2, 0) is 16.1 Å². The molecule has 0 spiro atoms. The zero-order valence-corrected chi connectivity index (χ0v) is 15.4. The molecule has 7 nitrogen and oxygen atoms in total. The van der Waals surface area contributed by atoms with Crippen LogP contribution in [0.1, 0.15) is 31.2 Å². The fourth-order valence-corrected chi connectivity index (χ4v) is 3.21. The Labute approximate surface area is 155 Å². The van der Waals surface area contributed by atoms with Crippen LogP contribution in [-0.4, -0.2) is 49.4 Å². The molecule has 0 aliphatic carbocycles. The summed E-state index contributed by atoms with van der Waals surface area (Å²) in [5, 5.41) is 6.16. The Hall–Kier alpha value is -2.57.